The first-order valence-corrected chi connectivity index (χ1v) is 9.15. The van der Waals surface area contributed by atoms with Crippen molar-refractivity contribution in [3.05, 3.63) is 34.9 Å². The Labute approximate surface area is 181 Å². The predicted octanol–water partition coefficient (Wildman–Crippen LogP) is 3.54. The van der Waals surface area contributed by atoms with Gasteiger partial charge in [0.1, 0.15) is 0 Å². The molecule has 1 heterocycles. The number of aliphatic imine (C=N–C) groups is 1. The molecule has 0 aliphatic carbocycles. The topological polar surface area (TPSA) is 48.9 Å². The average molecular weight is 517 g/mol. The Kier molecular flexibility index (Phi) is 11.4. The molecule has 2 rings (SSSR count). The van der Waals surface area contributed by atoms with E-state index in [4.69, 9.17) is 16.3 Å². The highest BCUT2D eigenvalue weighted by Crippen LogP contribution is 2.19. The van der Waals surface area contributed by atoms with E-state index in [1.54, 1.807) is 19.1 Å². The summed E-state index contributed by atoms with van der Waals surface area (Å²) in [6, 6.07) is 7.79. The smallest absolute Gasteiger partial charge is 0.251 e. The lowest BCUT2D eigenvalue weighted by Crippen LogP contribution is -2.49. The normalized spacial score (nSPS) is 17.5. The molecule has 1 unspecified atom stereocenters. The third kappa shape index (κ3) is 8.45. The van der Waals surface area contributed by atoms with Crippen LogP contribution in [0.3, 0.4) is 0 Å². The highest BCUT2D eigenvalue weighted by atomic mass is 127. The van der Waals surface area contributed by atoms with Crippen molar-refractivity contribution in [3.8, 4) is 0 Å². The number of hydrogen-bond donors (Lipinski definition) is 2. The van der Waals surface area contributed by atoms with Crippen molar-refractivity contribution in [1.82, 2.24) is 15.5 Å². The van der Waals surface area contributed by atoms with E-state index in [1.807, 2.05) is 24.3 Å². The molecule has 9 heteroatoms. The summed E-state index contributed by atoms with van der Waals surface area (Å²) in [5, 5.41) is 7.30. The van der Waals surface area contributed by atoms with Crippen LogP contribution in [-0.2, 0) is 4.74 Å². The van der Waals surface area contributed by atoms with Crippen LogP contribution in [0.4, 0.5) is 8.78 Å². The predicted molar refractivity (Wildman–Crippen MR) is 117 cm³/mol. The van der Waals surface area contributed by atoms with Gasteiger partial charge in [0.25, 0.3) is 6.43 Å². The second kappa shape index (κ2) is 12.7. The van der Waals surface area contributed by atoms with E-state index in [-0.39, 0.29) is 42.7 Å². The quantitative estimate of drug-likeness (QED) is 0.331. The van der Waals surface area contributed by atoms with Crippen LogP contribution < -0.4 is 10.6 Å². The Balaban J connectivity index is 0.00000364. The molecule has 0 aromatic heterocycles. The van der Waals surface area contributed by atoms with Gasteiger partial charge < -0.3 is 15.4 Å². The first-order chi connectivity index (χ1) is 12.5. The van der Waals surface area contributed by atoms with Crippen molar-refractivity contribution in [2.24, 2.45) is 4.99 Å². The second-order valence-electron chi connectivity index (χ2n) is 6.34. The number of benzene rings is 1. The fourth-order valence-electron chi connectivity index (χ4n) is 3.08. The van der Waals surface area contributed by atoms with Crippen molar-refractivity contribution in [2.45, 2.75) is 31.4 Å². The second-order valence-corrected chi connectivity index (χ2v) is 6.78. The van der Waals surface area contributed by atoms with Gasteiger partial charge in [-0.2, -0.15) is 0 Å². The Bertz CT molecular complexity index is 586. The maximum Gasteiger partial charge on any atom is 0.251 e. The third-order valence-electron chi connectivity index (χ3n) is 4.51. The summed E-state index contributed by atoms with van der Waals surface area (Å²) in [6.45, 7) is 1.74. The van der Waals surface area contributed by atoms with Crippen LogP contribution in [0.15, 0.2) is 29.3 Å². The number of guanidine groups is 1. The molecular formula is C18H28ClF2IN4O. The summed E-state index contributed by atoms with van der Waals surface area (Å²) in [6.07, 6.45) is -0.795. The van der Waals surface area contributed by atoms with Gasteiger partial charge in [-0.3, -0.25) is 9.89 Å². The number of nitrogens with zero attached hydrogens (tertiary/aromatic N) is 2. The van der Waals surface area contributed by atoms with Crippen molar-refractivity contribution in [1.29, 1.82) is 0 Å². The zero-order valence-electron chi connectivity index (χ0n) is 15.6. The Morgan fingerprint density at radius 2 is 2.07 bits per heavy atom. The van der Waals surface area contributed by atoms with Gasteiger partial charge >= 0.3 is 0 Å². The van der Waals surface area contributed by atoms with Crippen LogP contribution in [0.25, 0.3) is 0 Å². The molecule has 1 atom stereocenters. The minimum atomic E-state index is -2.27. The summed E-state index contributed by atoms with van der Waals surface area (Å²) in [5.74, 6) is 0.682. The van der Waals surface area contributed by atoms with Crippen molar-refractivity contribution < 1.29 is 13.5 Å². The lowest BCUT2D eigenvalue weighted by atomic mass is 10.1. The highest BCUT2D eigenvalue weighted by molar-refractivity contribution is 14.0. The number of rotatable bonds is 7. The lowest BCUT2D eigenvalue weighted by molar-refractivity contribution is 0.0743. The number of halogens is 4. The minimum absolute atomic E-state index is 0. The number of hydrogen-bond acceptors (Lipinski definition) is 3. The molecule has 0 bridgehead atoms. The number of alkyl halides is 2. The van der Waals surface area contributed by atoms with Gasteiger partial charge in [0, 0.05) is 44.9 Å². The first kappa shape index (κ1) is 24.3. The van der Waals surface area contributed by atoms with E-state index in [2.05, 4.69) is 15.6 Å². The maximum atomic E-state index is 12.4. The van der Waals surface area contributed by atoms with Gasteiger partial charge in [0.15, 0.2) is 5.96 Å². The molecule has 1 aliphatic rings. The Morgan fingerprint density at radius 3 is 2.63 bits per heavy atom. The summed E-state index contributed by atoms with van der Waals surface area (Å²) in [4.78, 5) is 6.05. The van der Waals surface area contributed by atoms with Gasteiger partial charge in [-0.15, -0.1) is 24.0 Å². The minimum Gasteiger partial charge on any atom is -0.375 e. The van der Waals surface area contributed by atoms with Crippen LogP contribution in [-0.4, -0.2) is 63.7 Å². The number of nitrogens with one attached hydrogen (secondary N) is 2. The molecule has 1 saturated heterocycles. The maximum absolute atomic E-state index is 12.4. The Morgan fingerprint density at radius 1 is 1.37 bits per heavy atom. The van der Waals surface area contributed by atoms with Crippen LogP contribution in [0.2, 0.25) is 5.02 Å². The molecule has 0 radical (unpaired) electrons. The number of ether oxygens (including phenoxy) is 1. The van der Waals surface area contributed by atoms with Gasteiger partial charge in [-0.25, -0.2) is 8.78 Å². The standard InChI is InChI=1S/C18H27ClF2N4O.HI/c1-22-18(24-15-6-8-25(9-7-15)12-17(20)21)23-11-16(26-2)13-4-3-5-14(19)10-13;/h3-5,10,15-17H,6-9,11-12H2,1-2H3,(H2,22,23,24);1H. The molecule has 27 heavy (non-hydrogen) atoms. The van der Waals surface area contributed by atoms with Crippen molar-refractivity contribution in [3.63, 3.8) is 0 Å². The van der Waals surface area contributed by atoms with E-state index in [0.29, 0.717) is 30.6 Å². The molecule has 0 spiro atoms. The molecule has 154 valence electrons. The molecule has 1 aliphatic heterocycles. The molecule has 1 fully saturated rings. The number of piperidine rings is 1. The largest absolute Gasteiger partial charge is 0.375 e. The van der Waals surface area contributed by atoms with Crippen molar-refractivity contribution in [2.75, 3.05) is 40.3 Å². The number of likely N-dealkylation sites (tertiary alicyclic amines) is 1. The van der Waals surface area contributed by atoms with E-state index >= 15 is 0 Å². The molecule has 5 nitrogen and oxygen atoms in total. The third-order valence-corrected chi connectivity index (χ3v) is 4.74. The SMILES string of the molecule is CN=C(NCC(OC)c1cccc(Cl)c1)NC1CCN(CC(F)F)CC1.I. The molecule has 1 aromatic carbocycles. The average Bonchev–Trinajstić information content (AvgIpc) is 2.62. The molecule has 1 aromatic rings. The first-order valence-electron chi connectivity index (χ1n) is 8.77. The fourth-order valence-corrected chi connectivity index (χ4v) is 3.28. The lowest BCUT2D eigenvalue weighted by Gasteiger charge is -2.33. The molecule has 0 amide bonds. The summed E-state index contributed by atoms with van der Waals surface area (Å²) < 4.78 is 30.4. The van der Waals surface area contributed by atoms with E-state index in [0.717, 1.165) is 18.4 Å². The number of methoxy groups -OCH3 is 1. The van der Waals surface area contributed by atoms with Crippen LogP contribution >= 0.6 is 35.6 Å². The molecular weight excluding hydrogens is 489 g/mol. The monoisotopic (exact) mass is 516 g/mol. The van der Waals surface area contributed by atoms with Crippen LogP contribution in [0.1, 0.15) is 24.5 Å². The summed E-state index contributed by atoms with van der Waals surface area (Å²) >= 11 is 6.04. The summed E-state index contributed by atoms with van der Waals surface area (Å²) in [5.41, 5.74) is 0.989. The molecule has 0 saturated carbocycles. The molecule has 2 N–H and O–H groups in total. The summed E-state index contributed by atoms with van der Waals surface area (Å²) in [7, 11) is 3.37. The van der Waals surface area contributed by atoms with Gasteiger partial charge in [0.05, 0.1) is 12.6 Å². The van der Waals surface area contributed by atoms with Gasteiger partial charge in [-0.1, -0.05) is 23.7 Å². The van der Waals surface area contributed by atoms with Gasteiger partial charge in [0.2, 0.25) is 0 Å². The Hall–Kier alpha value is -0.710. The van der Waals surface area contributed by atoms with Crippen LogP contribution in [0, 0.1) is 0 Å². The van der Waals surface area contributed by atoms with Crippen molar-refractivity contribution >= 4 is 41.5 Å². The van der Waals surface area contributed by atoms with Crippen LogP contribution in [0.5, 0.6) is 0 Å². The fraction of sp³-hybridized carbons (Fsp3) is 0.611. The zero-order valence-corrected chi connectivity index (χ0v) is 18.7. The van der Waals surface area contributed by atoms with E-state index in [9.17, 15) is 8.78 Å². The highest BCUT2D eigenvalue weighted by Gasteiger charge is 2.22. The zero-order chi connectivity index (χ0) is 18.9. The van der Waals surface area contributed by atoms with E-state index in [1.165, 1.54) is 0 Å². The van der Waals surface area contributed by atoms with Gasteiger partial charge in [-0.05, 0) is 30.5 Å². The van der Waals surface area contributed by atoms with E-state index < -0.39 is 6.43 Å².